The summed E-state index contributed by atoms with van der Waals surface area (Å²) in [5.41, 5.74) is 1.63. The molecule has 0 spiro atoms. The van der Waals surface area contributed by atoms with Crippen molar-refractivity contribution in [1.29, 1.82) is 0 Å². The van der Waals surface area contributed by atoms with Crippen molar-refractivity contribution in [3.05, 3.63) is 52.6 Å². The van der Waals surface area contributed by atoms with E-state index >= 15 is 0 Å². The van der Waals surface area contributed by atoms with Crippen LogP contribution >= 0.6 is 15.9 Å². The Kier molecular flexibility index (Phi) is 2.79. The summed E-state index contributed by atoms with van der Waals surface area (Å²) in [4.78, 5) is 11.0. The van der Waals surface area contributed by atoms with Crippen LogP contribution in [0.2, 0.25) is 0 Å². The van der Waals surface area contributed by atoms with Crippen LogP contribution in [0.5, 0.6) is 0 Å². The highest BCUT2D eigenvalue weighted by Gasteiger charge is 2.11. The van der Waals surface area contributed by atoms with E-state index in [0.29, 0.717) is 17.0 Å². The highest BCUT2D eigenvalue weighted by Crippen LogP contribution is 2.23. The average molecular weight is 318 g/mol. The van der Waals surface area contributed by atoms with Crippen molar-refractivity contribution >= 4 is 27.5 Å². The zero-order valence-electron chi connectivity index (χ0n) is 9.62. The van der Waals surface area contributed by atoms with E-state index in [-0.39, 0.29) is 5.56 Å². The summed E-state index contributed by atoms with van der Waals surface area (Å²) in [7, 11) is 0. The minimum atomic E-state index is -0.961. The maximum atomic E-state index is 11.0. The van der Waals surface area contributed by atoms with Crippen LogP contribution in [0.3, 0.4) is 0 Å². The van der Waals surface area contributed by atoms with Gasteiger partial charge >= 0.3 is 5.97 Å². The maximum absolute atomic E-state index is 11.0. The molecule has 0 atom stereocenters. The molecule has 0 aliphatic carbocycles. The maximum Gasteiger partial charge on any atom is 0.335 e. The Bertz CT molecular complexity index is 782. The second kappa shape index (κ2) is 4.47. The predicted octanol–water partition coefficient (Wildman–Crippen LogP) is 2.86. The highest BCUT2D eigenvalue weighted by atomic mass is 79.9. The van der Waals surface area contributed by atoms with Crippen LogP contribution in [0.4, 0.5) is 0 Å². The van der Waals surface area contributed by atoms with E-state index in [0.717, 1.165) is 4.47 Å². The third-order valence-electron chi connectivity index (χ3n) is 2.75. The second-order valence-corrected chi connectivity index (χ2v) is 4.81. The van der Waals surface area contributed by atoms with Gasteiger partial charge in [-0.05, 0) is 40.2 Å². The zero-order valence-corrected chi connectivity index (χ0v) is 11.2. The minimum absolute atomic E-state index is 0.226. The van der Waals surface area contributed by atoms with Crippen LogP contribution in [-0.4, -0.2) is 25.7 Å². The smallest absolute Gasteiger partial charge is 0.335 e. The number of carbonyl (C=O) groups is 1. The quantitative estimate of drug-likeness (QED) is 0.789. The molecule has 0 fully saturated rings. The first-order valence-corrected chi connectivity index (χ1v) is 6.29. The van der Waals surface area contributed by atoms with E-state index in [1.807, 2.05) is 28.8 Å². The Balaban J connectivity index is 2.22. The third kappa shape index (κ3) is 2.00. The number of rotatable bonds is 2. The van der Waals surface area contributed by atoms with Gasteiger partial charge in [-0.25, -0.2) is 4.79 Å². The molecule has 0 bridgehead atoms. The summed E-state index contributed by atoms with van der Waals surface area (Å²) in [5.74, 6) is -0.351. The molecule has 94 valence electrons. The summed E-state index contributed by atoms with van der Waals surface area (Å²) in [6, 6.07) is 10.4. The lowest BCUT2D eigenvalue weighted by Crippen LogP contribution is -1.97. The van der Waals surface area contributed by atoms with Gasteiger partial charge in [0.05, 0.1) is 10.0 Å². The van der Waals surface area contributed by atoms with Crippen molar-refractivity contribution in [2.45, 2.75) is 0 Å². The summed E-state index contributed by atoms with van der Waals surface area (Å²) < 4.78 is 2.65. The van der Waals surface area contributed by atoms with Crippen LogP contribution in [0.25, 0.3) is 17.0 Å². The fourth-order valence-electron chi connectivity index (χ4n) is 1.87. The molecule has 0 saturated carbocycles. The molecule has 1 N–H and O–H groups in total. The Morgan fingerprint density at radius 3 is 2.84 bits per heavy atom. The highest BCUT2D eigenvalue weighted by molar-refractivity contribution is 9.10. The van der Waals surface area contributed by atoms with Crippen molar-refractivity contribution < 1.29 is 9.90 Å². The Morgan fingerprint density at radius 2 is 2.05 bits per heavy atom. The van der Waals surface area contributed by atoms with Crippen LogP contribution in [0.1, 0.15) is 10.4 Å². The first-order chi connectivity index (χ1) is 9.16. The molecule has 0 aliphatic rings. The van der Waals surface area contributed by atoms with E-state index in [2.05, 4.69) is 26.1 Å². The van der Waals surface area contributed by atoms with Gasteiger partial charge in [-0.1, -0.05) is 12.1 Å². The molecule has 1 aromatic carbocycles. The van der Waals surface area contributed by atoms with Gasteiger partial charge in [-0.15, -0.1) is 10.2 Å². The number of pyridine rings is 1. The first-order valence-electron chi connectivity index (χ1n) is 5.50. The molecule has 19 heavy (non-hydrogen) atoms. The van der Waals surface area contributed by atoms with Crippen molar-refractivity contribution in [2.24, 2.45) is 0 Å². The molecule has 2 heterocycles. The second-order valence-electron chi connectivity index (χ2n) is 3.96. The van der Waals surface area contributed by atoms with Gasteiger partial charge in [0, 0.05) is 11.8 Å². The number of aromatic nitrogens is 3. The minimum Gasteiger partial charge on any atom is -0.478 e. The SMILES string of the molecule is O=C(O)c1cccc(-c2nnc3c(Br)cccn23)c1. The lowest BCUT2D eigenvalue weighted by molar-refractivity contribution is 0.0697. The fraction of sp³-hybridized carbons (Fsp3) is 0. The van der Waals surface area contributed by atoms with E-state index in [1.54, 1.807) is 18.2 Å². The van der Waals surface area contributed by atoms with Gasteiger partial charge < -0.3 is 5.11 Å². The van der Waals surface area contributed by atoms with Gasteiger partial charge in [0.2, 0.25) is 0 Å². The van der Waals surface area contributed by atoms with Crippen LogP contribution in [0.15, 0.2) is 47.1 Å². The number of benzene rings is 1. The summed E-state index contributed by atoms with van der Waals surface area (Å²) >= 11 is 3.40. The average Bonchev–Trinajstić information content (AvgIpc) is 2.84. The van der Waals surface area contributed by atoms with Crippen molar-refractivity contribution in [1.82, 2.24) is 14.6 Å². The molecule has 5 nitrogen and oxygen atoms in total. The monoisotopic (exact) mass is 317 g/mol. The molecule has 0 unspecified atom stereocenters. The summed E-state index contributed by atoms with van der Waals surface area (Å²) in [6.45, 7) is 0. The van der Waals surface area contributed by atoms with Crippen molar-refractivity contribution in [3.63, 3.8) is 0 Å². The number of fused-ring (bicyclic) bond motifs is 1. The van der Waals surface area contributed by atoms with E-state index in [4.69, 9.17) is 5.11 Å². The molecule has 0 saturated heterocycles. The third-order valence-corrected chi connectivity index (χ3v) is 3.37. The molecule has 0 amide bonds. The Morgan fingerprint density at radius 1 is 1.21 bits per heavy atom. The van der Waals surface area contributed by atoms with Crippen LogP contribution in [0, 0.1) is 0 Å². The first kappa shape index (κ1) is 11.9. The lowest BCUT2D eigenvalue weighted by atomic mass is 10.1. The van der Waals surface area contributed by atoms with Gasteiger partial charge in [0.15, 0.2) is 11.5 Å². The van der Waals surface area contributed by atoms with E-state index in [1.165, 1.54) is 0 Å². The summed E-state index contributed by atoms with van der Waals surface area (Å²) in [6.07, 6.45) is 1.84. The molecule has 6 heteroatoms. The zero-order chi connectivity index (χ0) is 13.4. The van der Waals surface area contributed by atoms with Gasteiger partial charge in [0.25, 0.3) is 0 Å². The van der Waals surface area contributed by atoms with Gasteiger partial charge in [0.1, 0.15) is 0 Å². The van der Waals surface area contributed by atoms with Crippen LogP contribution in [-0.2, 0) is 0 Å². The van der Waals surface area contributed by atoms with E-state index in [9.17, 15) is 4.79 Å². The number of hydrogen-bond donors (Lipinski definition) is 1. The van der Waals surface area contributed by atoms with E-state index < -0.39 is 5.97 Å². The molecular weight excluding hydrogens is 310 g/mol. The largest absolute Gasteiger partial charge is 0.478 e. The van der Waals surface area contributed by atoms with Gasteiger partial charge in [-0.2, -0.15) is 0 Å². The number of hydrogen-bond acceptors (Lipinski definition) is 3. The standard InChI is InChI=1S/C13H8BrN3O2/c14-10-5-2-6-17-11(15-16-12(10)17)8-3-1-4-9(7-8)13(18)19/h1-7H,(H,18,19). The number of aromatic carboxylic acids is 1. The number of carboxylic acid groups (broad SMARTS) is 1. The van der Waals surface area contributed by atoms with Gasteiger partial charge in [-0.3, -0.25) is 4.40 Å². The number of halogens is 1. The lowest BCUT2D eigenvalue weighted by Gasteiger charge is -2.02. The Hall–Kier alpha value is -2.21. The molecule has 0 radical (unpaired) electrons. The summed E-state index contributed by atoms with van der Waals surface area (Å²) in [5, 5.41) is 17.2. The van der Waals surface area contributed by atoms with Crippen molar-refractivity contribution in [3.8, 4) is 11.4 Å². The van der Waals surface area contributed by atoms with Crippen molar-refractivity contribution in [2.75, 3.05) is 0 Å². The fourth-order valence-corrected chi connectivity index (χ4v) is 2.29. The Labute approximate surface area is 116 Å². The normalized spacial score (nSPS) is 10.8. The molecular formula is C13H8BrN3O2. The molecule has 3 aromatic rings. The predicted molar refractivity (Wildman–Crippen MR) is 73.1 cm³/mol. The number of carboxylic acids is 1. The topological polar surface area (TPSA) is 67.5 Å². The molecule has 2 aromatic heterocycles. The molecule has 3 rings (SSSR count). The van der Waals surface area contributed by atoms with Crippen LogP contribution < -0.4 is 0 Å². The molecule has 0 aliphatic heterocycles. The number of nitrogens with zero attached hydrogens (tertiary/aromatic N) is 3.